The van der Waals surface area contributed by atoms with Crippen molar-refractivity contribution < 1.29 is 13.9 Å². The van der Waals surface area contributed by atoms with E-state index >= 15 is 0 Å². The largest absolute Gasteiger partial charge is 0.497 e. The minimum atomic E-state index is -0.230. The Kier molecular flexibility index (Phi) is 4.43. The Hall–Kier alpha value is -1.55. The highest BCUT2D eigenvalue weighted by atomic mass is 79.9. The third kappa shape index (κ3) is 3.47. The van der Waals surface area contributed by atoms with Gasteiger partial charge in [-0.05, 0) is 64.3 Å². The van der Waals surface area contributed by atoms with Crippen LogP contribution in [-0.2, 0) is 6.61 Å². The summed E-state index contributed by atoms with van der Waals surface area (Å²) in [5.74, 6) is 1.26. The van der Waals surface area contributed by atoms with E-state index in [1.54, 1.807) is 13.2 Å². The molecule has 0 fully saturated rings. The van der Waals surface area contributed by atoms with Crippen LogP contribution in [0.2, 0.25) is 0 Å². The van der Waals surface area contributed by atoms with Crippen LogP contribution in [-0.4, -0.2) is 7.11 Å². The summed E-state index contributed by atoms with van der Waals surface area (Å²) in [7, 11) is 1.62. The first-order valence-electron chi connectivity index (χ1n) is 5.81. The Bertz CT molecular complexity index is 584. The average Bonchev–Trinajstić information content (AvgIpc) is 2.39. The predicted molar refractivity (Wildman–Crippen MR) is 76.2 cm³/mol. The van der Waals surface area contributed by atoms with Gasteiger partial charge in [0.15, 0.2) is 0 Å². The Balaban J connectivity index is 2.10. The second-order valence-corrected chi connectivity index (χ2v) is 5.01. The zero-order valence-corrected chi connectivity index (χ0v) is 12.3. The van der Waals surface area contributed by atoms with Gasteiger partial charge in [-0.2, -0.15) is 0 Å². The molecule has 0 heterocycles. The van der Waals surface area contributed by atoms with Crippen LogP contribution in [0, 0.1) is 12.7 Å². The minimum absolute atomic E-state index is 0.230. The van der Waals surface area contributed by atoms with Crippen LogP contribution in [0.4, 0.5) is 4.39 Å². The van der Waals surface area contributed by atoms with E-state index in [1.807, 2.05) is 25.1 Å². The highest BCUT2D eigenvalue weighted by Crippen LogP contribution is 2.29. The van der Waals surface area contributed by atoms with Crippen LogP contribution in [0.3, 0.4) is 0 Å². The molecule has 2 aromatic carbocycles. The number of hydrogen-bond donors (Lipinski definition) is 0. The molecule has 19 heavy (non-hydrogen) atoms. The molecule has 100 valence electrons. The van der Waals surface area contributed by atoms with E-state index in [1.165, 1.54) is 12.1 Å². The molecule has 0 unspecified atom stereocenters. The van der Waals surface area contributed by atoms with Crippen molar-refractivity contribution in [3.05, 3.63) is 57.8 Å². The summed E-state index contributed by atoms with van der Waals surface area (Å²) in [6.45, 7) is 2.27. The molecular formula is C15H14BrFO2. The van der Waals surface area contributed by atoms with E-state index in [-0.39, 0.29) is 5.82 Å². The Morgan fingerprint density at radius 3 is 2.58 bits per heavy atom. The van der Waals surface area contributed by atoms with Crippen molar-refractivity contribution >= 4 is 15.9 Å². The molecule has 0 saturated carbocycles. The first-order valence-corrected chi connectivity index (χ1v) is 6.61. The molecule has 0 radical (unpaired) electrons. The van der Waals surface area contributed by atoms with E-state index in [4.69, 9.17) is 9.47 Å². The van der Waals surface area contributed by atoms with Gasteiger partial charge in [0, 0.05) is 0 Å². The van der Waals surface area contributed by atoms with Crippen LogP contribution < -0.4 is 9.47 Å². The number of methoxy groups -OCH3 is 1. The molecule has 0 N–H and O–H groups in total. The van der Waals surface area contributed by atoms with Crippen molar-refractivity contribution in [2.24, 2.45) is 0 Å². The molecule has 0 aliphatic rings. The lowest BCUT2D eigenvalue weighted by atomic mass is 10.1. The Morgan fingerprint density at radius 1 is 1.16 bits per heavy atom. The van der Waals surface area contributed by atoms with Gasteiger partial charge in [0.2, 0.25) is 0 Å². The summed E-state index contributed by atoms with van der Waals surface area (Å²) in [4.78, 5) is 0. The van der Waals surface area contributed by atoms with Gasteiger partial charge in [-0.1, -0.05) is 6.07 Å². The maximum absolute atomic E-state index is 13.0. The van der Waals surface area contributed by atoms with Crippen molar-refractivity contribution in [3.63, 3.8) is 0 Å². The molecule has 0 bridgehead atoms. The number of benzene rings is 2. The van der Waals surface area contributed by atoms with Gasteiger partial charge in [-0.3, -0.25) is 0 Å². The van der Waals surface area contributed by atoms with Gasteiger partial charge < -0.3 is 9.47 Å². The number of hydrogen-bond acceptors (Lipinski definition) is 2. The van der Waals surface area contributed by atoms with Crippen molar-refractivity contribution in [2.45, 2.75) is 13.5 Å². The quantitative estimate of drug-likeness (QED) is 0.825. The van der Waals surface area contributed by atoms with E-state index in [9.17, 15) is 4.39 Å². The molecule has 0 aliphatic carbocycles. The molecule has 0 atom stereocenters. The predicted octanol–water partition coefficient (Wildman–Crippen LogP) is 4.48. The first kappa shape index (κ1) is 13.9. The fourth-order valence-corrected chi connectivity index (χ4v) is 2.17. The number of aryl methyl sites for hydroxylation is 1. The molecule has 0 aromatic heterocycles. The summed E-state index contributed by atoms with van der Waals surface area (Å²) >= 11 is 3.43. The van der Waals surface area contributed by atoms with Crippen LogP contribution >= 0.6 is 15.9 Å². The van der Waals surface area contributed by atoms with Crippen LogP contribution in [0.5, 0.6) is 11.5 Å². The van der Waals surface area contributed by atoms with Gasteiger partial charge in [-0.25, -0.2) is 4.39 Å². The zero-order valence-electron chi connectivity index (χ0n) is 10.7. The maximum atomic E-state index is 13.0. The lowest BCUT2D eigenvalue weighted by Gasteiger charge is -2.11. The molecule has 0 amide bonds. The van der Waals surface area contributed by atoms with E-state index < -0.39 is 0 Å². The summed E-state index contributed by atoms with van der Waals surface area (Å²) in [6.07, 6.45) is 0. The topological polar surface area (TPSA) is 18.5 Å². The average molecular weight is 325 g/mol. The highest BCUT2D eigenvalue weighted by molar-refractivity contribution is 9.10. The van der Waals surface area contributed by atoms with E-state index in [0.29, 0.717) is 6.61 Å². The number of rotatable bonds is 4. The number of halogens is 2. The minimum Gasteiger partial charge on any atom is -0.497 e. The number of ether oxygens (including phenoxy) is 2. The SMILES string of the molecule is COc1ccc(OCc2ccc(F)cc2C)c(Br)c1. The van der Waals surface area contributed by atoms with Gasteiger partial charge in [-0.15, -0.1) is 0 Å². The van der Waals surface area contributed by atoms with Gasteiger partial charge in [0.05, 0.1) is 11.6 Å². The van der Waals surface area contributed by atoms with Gasteiger partial charge in [0.25, 0.3) is 0 Å². The summed E-state index contributed by atoms with van der Waals surface area (Å²) in [5, 5.41) is 0. The lowest BCUT2D eigenvalue weighted by Crippen LogP contribution is -1.99. The smallest absolute Gasteiger partial charge is 0.134 e. The summed E-state index contributed by atoms with van der Waals surface area (Å²) < 4.78 is 24.7. The first-order chi connectivity index (χ1) is 9.10. The maximum Gasteiger partial charge on any atom is 0.134 e. The standard InChI is InChI=1S/C15H14BrFO2/c1-10-7-12(17)4-3-11(10)9-19-15-6-5-13(18-2)8-14(15)16/h3-8H,9H2,1-2H3. The monoisotopic (exact) mass is 324 g/mol. The van der Waals surface area contributed by atoms with Gasteiger partial charge in [0.1, 0.15) is 23.9 Å². The van der Waals surface area contributed by atoms with Crippen LogP contribution in [0.1, 0.15) is 11.1 Å². The third-order valence-electron chi connectivity index (χ3n) is 2.83. The lowest BCUT2D eigenvalue weighted by molar-refractivity contribution is 0.302. The summed E-state index contributed by atoms with van der Waals surface area (Å²) in [6, 6.07) is 10.2. The van der Waals surface area contributed by atoms with E-state index in [0.717, 1.165) is 27.1 Å². The molecule has 0 spiro atoms. The van der Waals surface area contributed by atoms with E-state index in [2.05, 4.69) is 15.9 Å². The molecule has 2 aromatic rings. The normalized spacial score (nSPS) is 10.3. The molecular weight excluding hydrogens is 311 g/mol. The molecule has 2 rings (SSSR count). The third-order valence-corrected chi connectivity index (χ3v) is 3.45. The van der Waals surface area contributed by atoms with Crippen molar-refractivity contribution in [1.29, 1.82) is 0 Å². The fraction of sp³-hybridized carbons (Fsp3) is 0.200. The zero-order chi connectivity index (χ0) is 13.8. The van der Waals surface area contributed by atoms with Crippen molar-refractivity contribution in [3.8, 4) is 11.5 Å². The molecule has 0 aliphatic heterocycles. The van der Waals surface area contributed by atoms with Crippen molar-refractivity contribution in [1.82, 2.24) is 0 Å². The molecule has 4 heteroatoms. The second kappa shape index (κ2) is 6.06. The highest BCUT2D eigenvalue weighted by Gasteiger charge is 2.05. The molecule has 2 nitrogen and oxygen atoms in total. The van der Waals surface area contributed by atoms with Crippen LogP contribution in [0.15, 0.2) is 40.9 Å². The summed E-state index contributed by atoms with van der Waals surface area (Å²) in [5.41, 5.74) is 1.84. The van der Waals surface area contributed by atoms with Crippen LogP contribution in [0.25, 0.3) is 0 Å². The second-order valence-electron chi connectivity index (χ2n) is 4.16. The Labute approximate surface area is 120 Å². The molecule has 0 saturated heterocycles. The van der Waals surface area contributed by atoms with Crippen molar-refractivity contribution in [2.75, 3.05) is 7.11 Å². The fourth-order valence-electron chi connectivity index (χ4n) is 1.70. The van der Waals surface area contributed by atoms with Gasteiger partial charge >= 0.3 is 0 Å². The Morgan fingerprint density at radius 2 is 1.95 bits per heavy atom.